The summed E-state index contributed by atoms with van der Waals surface area (Å²) in [5.41, 5.74) is 1.34. The fraction of sp³-hybridized carbons (Fsp3) is 0.304. The van der Waals surface area contributed by atoms with Crippen LogP contribution in [0, 0.1) is 13.8 Å². The smallest absolute Gasteiger partial charge is 0.407 e. The van der Waals surface area contributed by atoms with Gasteiger partial charge in [-0.05, 0) is 88.2 Å². The van der Waals surface area contributed by atoms with Crippen molar-refractivity contribution in [1.82, 2.24) is 31.2 Å². The van der Waals surface area contributed by atoms with E-state index in [2.05, 4.69) is 41.9 Å². The summed E-state index contributed by atoms with van der Waals surface area (Å²) in [6.07, 6.45) is -0.742. The van der Waals surface area contributed by atoms with Gasteiger partial charge < -0.3 is 61.4 Å². The summed E-state index contributed by atoms with van der Waals surface area (Å²) in [5, 5.41) is 44.1. The van der Waals surface area contributed by atoms with E-state index in [1.165, 1.54) is 48.5 Å². The summed E-state index contributed by atoms with van der Waals surface area (Å²) in [7, 11) is 2.31. The van der Waals surface area contributed by atoms with Crippen molar-refractivity contribution in [3.8, 4) is 17.2 Å². The highest BCUT2D eigenvalue weighted by atomic mass is 32.1. The van der Waals surface area contributed by atoms with Crippen LogP contribution in [0.15, 0.2) is 72.8 Å². The molecule has 2 atom stereocenters. The molecule has 5 rings (SSSR count). The number of thiazole rings is 2. The number of aromatic nitrogens is 2. The molecule has 0 unspecified atom stereocenters. The molecule has 0 saturated heterocycles. The van der Waals surface area contributed by atoms with E-state index in [1.807, 2.05) is 0 Å². The minimum absolute atomic E-state index is 0.00212. The first-order valence-electron chi connectivity index (χ1n) is 21.0. The number of aromatic hydroxyl groups is 3. The molecule has 2 aromatic heterocycles. The van der Waals surface area contributed by atoms with Gasteiger partial charge >= 0.3 is 18.0 Å². The predicted octanol–water partition coefficient (Wildman–Crippen LogP) is 3.88. The van der Waals surface area contributed by atoms with Crippen LogP contribution in [0.1, 0.15) is 73.0 Å². The number of rotatable bonds is 17. The molecule has 5 aromatic rings. The lowest BCUT2D eigenvalue weighted by Crippen LogP contribution is -2.49. The summed E-state index contributed by atoms with van der Waals surface area (Å²) in [4.78, 5) is 107. The van der Waals surface area contributed by atoms with Crippen LogP contribution in [-0.2, 0) is 46.2 Å². The van der Waals surface area contributed by atoms with E-state index in [4.69, 9.17) is 14.2 Å². The molecule has 24 heteroatoms. The SMILES string of the molecule is COC(=O)[C@H](CNC(=O)OC(C)(C)C)NC(=O)c1sc(NC(=O)Cc2cccc(O)c2)nc1C.COC(=O)[C@H](CNC(=O)c1cccc(O)c1)NC(=O)c1sc(NC(=O)Cc2cccc(O)c2)nc1C. The normalized spacial score (nSPS) is 11.5. The Kier molecular flexibility index (Phi) is 19.7. The number of carbonyl (C=O) groups is 8. The van der Waals surface area contributed by atoms with E-state index in [0.717, 1.165) is 36.9 Å². The molecule has 0 fully saturated rings. The number of hydrogen-bond donors (Lipinski definition) is 9. The number of hydrogen-bond acceptors (Lipinski definition) is 18. The van der Waals surface area contributed by atoms with E-state index in [1.54, 1.807) is 58.9 Å². The number of nitrogens with zero attached hydrogens (tertiary/aromatic N) is 2. The number of methoxy groups -OCH3 is 2. The average molecular weight is 1010 g/mol. The number of alkyl carbamates (subject to hydrolysis) is 1. The van der Waals surface area contributed by atoms with Gasteiger partial charge in [0.1, 0.15) is 44.7 Å². The number of ether oxygens (including phenoxy) is 3. The Balaban J connectivity index is 0.000000305. The number of carbonyl (C=O) groups excluding carboxylic acids is 8. The highest BCUT2D eigenvalue weighted by molar-refractivity contribution is 7.18. The maximum Gasteiger partial charge on any atom is 0.407 e. The van der Waals surface area contributed by atoms with E-state index in [9.17, 15) is 53.7 Å². The quantitative estimate of drug-likeness (QED) is 0.0471. The van der Waals surface area contributed by atoms with Crippen molar-refractivity contribution in [2.75, 3.05) is 37.9 Å². The summed E-state index contributed by atoms with van der Waals surface area (Å²) in [5.74, 6) is -4.11. The van der Waals surface area contributed by atoms with Gasteiger partial charge in [0.25, 0.3) is 17.7 Å². The molecule has 0 spiro atoms. The van der Waals surface area contributed by atoms with Crippen LogP contribution in [0.3, 0.4) is 0 Å². The summed E-state index contributed by atoms with van der Waals surface area (Å²) in [6, 6.07) is 15.9. The molecular weight excluding hydrogens is 953 g/mol. The molecule has 0 radical (unpaired) electrons. The van der Waals surface area contributed by atoms with Gasteiger partial charge in [0.2, 0.25) is 11.8 Å². The maximum atomic E-state index is 12.8. The average Bonchev–Trinajstić information content (AvgIpc) is 3.85. The van der Waals surface area contributed by atoms with Gasteiger partial charge in [-0.25, -0.2) is 24.4 Å². The number of benzene rings is 3. The Labute approximate surface area is 409 Å². The third-order valence-corrected chi connectivity index (χ3v) is 11.2. The largest absolute Gasteiger partial charge is 0.508 e. The van der Waals surface area contributed by atoms with Gasteiger partial charge in [-0.1, -0.05) is 53.0 Å². The maximum absolute atomic E-state index is 12.8. The molecule has 2 heterocycles. The molecule has 70 heavy (non-hydrogen) atoms. The van der Waals surface area contributed by atoms with Crippen molar-refractivity contribution in [2.45, 2.75) is 65.1 Å². The Morgan fingerprint density at radius 2 is 1.01 bits per heavy atom. The number of phenols is 3. The number of nitrogens with one attached hydrogen (secondary N) is 6. The lowest BCUT2D eigenvalue weighted by Gasteiger charge is -2.21. The molecule has 0 saturated carbocycles. The van der Waals surface area contributed by atoms with Crippen molar-refractivity contribution in [3.63, 3.8) is 0 Å². The van der Waals surface area contributed by atoms with Crippen molar-refractivity contribution in [1.29, 1.82) is 0 Å². The van der Waals surface area contributed by atoms with Crippen LogP contribution in [0.4, 0.5) is 15.1 Å². The highest BCUT2D eigenvalue weighted by Crippen LogP contribution is 2.25. The minimum atomic E-state index is -1.20. The second-order valence-electron chi connectivity index (χ2n) is 15.9. The Hall–Kier alpha value is -8.12. The van der Waals surface area contributed by atoms with E-state index in [-0.39, 0.29) is 80.6 Å². The van der Waals surface area contributed by atoms with Crippen molar-refractivity contribution in [3.05, 3.63) is 111 Å². The van der Waals surface area contributed by atoms with E-state index in [0.29, 0.717) is 22.5 Å². The summed E-state index contributed by atoms with van der Waals surface area (Å²) >= 11 is 1.86. The fourth-order valence-corrected chi connectivity index (χ4v) is 7.69. The number of esters is 2. The molecule has 0 aliphatic heterocycles. The Morgan fingerprint density at radius 1 is 0.600 bits per heavy atom. The molecule has 0 aliphatic rings. The van der Waals surface area contributed by atoms with Gasteiger partial charge in [-0.3, -0.25) is 24.0 Å². The number of aryl methyl sites for hydroxylation is 2. The zero-order chi connectivity index (χ0) is 51.7. The summed E-state index contributed by atoms with van der Waals surface area (Å²) < 4.78 is 14.6. The van der Waals surface area contributed by atoms with Gasteiger partial charge in [0, 0.05) is 12.1 Å². The van der Waals surface area contributed by atoms with Crippen LogP contribution < -0.4 is 31.9 Å². The monoisotopic (exact) mass is 1000 g/mol. The van der Waals surface area contributed by atoms with Gasteiger partial charge in [0.05, 0.1) is 45.0 Å². The number of phenolic OH excluding ortho intramolecular Hbond substituents is 3. The standard InChI is InChI=1S/C24H24N4O7S.C22H28N4O7S/c1-13-20(36-24(26-13)28-19(31)10-14-5-3-7-16(29)9-14)22(33)27-18(23(34)35-2)12-25-21(32)15-6-4-8-17(30)11-15;1-12-17(34-20(24-12)26-16(28)10-13-7-6-8-14(27)9-13)18(29)25-15(19(30)32-5)11-23-21(31)33-22(2,3)4/h3-9,11,18,29-30H,10,12H2,1-2H3,(H,25,32)(H,27,33)(H,26,28,31);6-9,15,27H,10-11H2,1-5H3,(H,23,31)(H,25,29)(H,24,26,28)/t18-;15-/m00/s1. The van der Waals surface area contributed by atoms with Gasteiger partial charge in [-0.2, -0.15) is 0 Å². The second-order valence-corrected chi connectivity index (χ2v) is 17.9. The molecule has 6 amide bonds. The Morgan fingerprint density at radius 3 is 1.41 bits per heavy atom. The van der Waals surface area contributed by atoms with Crippen LogP contribution in [0.25, 0.3) is 0 Å². The molecule has 9 N–H and O–H groups in total. The molecular formula is C46H52N8O14S2. The molecule has 22 nitrogen and oxygen atoms in total. The van der Waals surface area contributed by atoms with Crippen LogP contribution in [-0.4, -0.2) is 118 Å². The first-order valence-corrected chi connectivity index (χ1v) is 22.6. The van der Waals surface area contributed by atoms with Crippen molar-refractivity contribution < 1.29 is 67.9 Å². The lowest BCUT2D eigenvalue weighted by atomic mass is 10.1. The minimum Gasteiger partial charge on any atom is -0.508 e. The third kappa shape index (κ3) is 17.5. The van der Waals surface area contributed by atoms with E-state index >= 15 is 0 Å². The van der Waals surface area contributed by atoms with Crippen molar-refractivity contribution in [2.24, 2.45) is 0 Å². The van der Waals surface area contributed by atoms with Crippen LogP contribution >= 0.6 is 22.7 Å². The topological polar surface area (TPSA) is 323 Å². The summed E-state index contributed by atoms with van der Waals surface area (Å²) in [6.45, 7) is 7.73. The second kappa shape index (κ2) is 25.3. The zero-order valence-electron chi connectivity index (χ0n) is 39.0. The molecule has 0 bridgehead atoms. The highest BCUT2D eigenvalue weighted by Gasteiger charge is 2.28. The molecule has 372 valence electrons. The van der Waals surface area contributed by atoms with Crippen LogP contribution in [0.2, 0.25) is 0 Å². The fourth-order valence-electron chi connectivity index (χ4n) is 5.91. The van der Waals surface area contributed by atoms with Crippen LogP contribution in [0.5, 0.6) is 17.2 Å². The van der Waals surface area contributed by atoms with Gasteiger partial charge in [0.15, 0.2) is 10.3 Å². The molecule has 0 aliphatic carbocycles. The van der Waals surface area contributed by atoms with E-state index < -0.39 is 53.4 Å². The van der Waals surface area contributed by atoms with Crippen molar-refractivity contribution >= 4 is 80.5 Å². The number of anilines is 2. The molecule has 3 aromatic carbocycles. The third-order valence-electron chi connectivity index (χ3n) is 9.06. The first kappa shape index (κ1) is 54.5. The van der Waals surface area contributed by atoms with Gasteiger partial charge in [-0.15, -0.1) is 0 Å². The lowest BCUT2D eigenvalue weighted by molar-refractivity contribution is -0.143. The predicted molar refractivity (Wildman–Crippen MR) is 256 cm³/mol. The Bertz CT molecular complexity index is 2720. The zero-order valence-corrected chi connectivity index (χ0v) is 40.6. The first-order chi connectivity index (χ1) is 33.0. The number of amides is 6.